The van der Waals surface area contributed by atoms with Gasteiger partial charge in [0.1, 0.15) is 0 Å². The molecule has 1 fully saturated rings. The van der Waals surface area contributed by atoms with E-state index in [1.165, 1.54) is 42.6 Å². The number of nitrogens with zero attached hydrogens (tertiary/aromatic N) is 2. The largest absolute Gasteiger partial charge is 0.299 e. The highest BCUT2D eigenvalue weighted by Crippen LogP contribution is 2.34. The lowest BCUT2D eigenvalue weighted by Gasteiger charge is -2.38. The number of likely N-dealkylation sites (tertiary alicyclic amines) is 1. The highest BCUT2D eigenvalue weighted by atomic mass is 15.1. The van der Waals surface area contributed by atoms with Crippen molar-refractivity contribution in [3.63, 3.8) is 0 Å². The second-order valence-electron chi connectivity index (χ2n) is 7.85. The summed E-state index contributed by atoms with van der Waals surface area (Å²) in [6.07, 6.45) is 6.36. The Morgan fingerprint density at radius 2 is 1.48 bits per heavy atom. The third-order valence-corrected chi connectivity index (χ3v) is 5.19. The van der Waals surface area contributed by atoms with Gasteiger partial charge in [-0.05, 0) is 66.1 Å². The predicted molar refractivity (Wildman–Crippen MR) is 97.1 cm³/mol. The Bertz CT molecular complexity index is 603. The van der Waals surface area contributed by atoms with Gasteiger partial charge in [0.25, 0.3) is 0 Å². The van der Waals surface area contributed by atoms with E-state index in [9.17, 15) is 0 Å². The summed E-state index contributed by atoms with van der Waals surface area (Å²) in [7, 11) is 0. The van der Waals surface area contributed by atoms with Crippen LogP contribution < -0.4 is 0 Å². The third kappa shape index (κ3) is 4.20. The maximum absolute atomic E-state index is 4.08. The molecule has 2 aromatic rings. The molecule has 2 heteroatoms. The quantitative estimate of drug-likeness (QED) is 0.792. The Hall–Kier alpha value is -1.67. The molecular weight excluding hydrogens is 280 g/mol. The standard InChI is InChI=1S/C21H28N2/c1-21(2,3)20-10-14-23(15-11-20)16-17-4-6-18(7-5-17)19-8-12-22-13-9-19/h4-9,12-13,20H,10-11,14-16H2,1-3H3. The lowest BCUT2D eigenvalue weighted by Crippen LogP contribution is -2.37. The van der Waals surface area contributed by atoms with E-state index in [1.54, 1.807) is 0 Å². The van der Waals surface area contributed by atoms with E-state index in [-0.39, 0.29) is 0 Å². The zero-order valence-electron chi connectivity index (χ0n) is 14.6. The van der Waals surface area contributed by atoms with E-state index in [1.807, 2.05) is 12.4 Å². The Morgan fingerprint density at radius 3 is 2.04 bits per heavy atom. The van der Waals surface area contributed by atoms with Crippen molar-refractivity contribution in [3.05, 3.63) is 54.4 Å². The summed E-state index contributed by atoms with van der Waals surface area (Å²) in [5.74, 6) is 0.868. The molecule has 1 saturated heterocycles. The van der Waals surface area contributed by atoms with Crippen LogP contribution in [0.25, 0.3) is 11.1 Å². The fourth-order valence-corrected chi connectivity index (χ4v) is 3.56. The SMILES string of the molecule is CC(C)(C)C1CCN(Cc2ccc(-c3ccncc3)cc2)CC1. The van der Waals surface area contributed by atoms with Crippen molar-refractivity contribution >= 4 is 0 Å². The van der Waals surface area contributed by atoms with E-state index >= 15 is 0 Å². The maximum Gasteiger partial charge on any atom is 0.0273 e. The molecule has 0 aliphatic carbocycles. The molecule has 1 aliphatic rings. The first-order valence-electron chi connectivity index (χ1n) is 8.74. The third-order valence-electron chi connectivity index (χ3n) is 5.19. The Morgan fingerprint density at radius 1 is 0.913 bits per heavy atom. The first kappa shape index (κ1) is 16.2. The van der Waals surface area contributed by atoms with Crippen LogP contribution in [-0.2, 0) is 6.54 Å². The van der Waals surface area contributed by atoms with Crippen molar-refractivity contribution in [2.75, 3.05) is 13.1 Å². The zero-order chi connectivity index (χ0) is 16.3. The van der Waals surface area contributed by atoms with Gasteiger partial charge in [-0.25, -0.2) is 0 Å². The van der Waals surface area contributed by atoms with E-state index < -0.39 is 0 Å². The first-order valence-corrected chi connectivity index (χ1v) is 8.74. The van der Waals surface area contributed by atoms with Crippen molar-refractivity contribution < 1.29 is 0 Å². The molecular formula is C21H28N2. The van der Waals surface area contributed by atoms with Crippen LogP contribution >= 0.6 is 0 Å². The van der Waals surface area contributed by atoms with Gasteiger partial charge in [0.15, 0.2) is 0 Å². The second kappa shape index (κ2) is 6.84. The number of rotatable bonds is 3. The fourth-order valence-electron chi connectivity index (χ4n) is 3.56. The second-order valence-corrected chi connectivity index (χ2v) is 7.85. The molecule has 0 saturated carbocycles. The Balaban J connectivity index is 1.57. The molecule has 0 radical (unpaired) electrons. The molecule has 0 N–H and O–H groups in total. The maximum atomic E-state index is 4.08. The van der Waals surface area contributed by atoms with Crippen LogP contribution in [0.4, 0.5) is 0 Å². The molecule has 0 unspecified atom stereocenters. The molecule has 23 heavy (non-hydrogen) atoms. The highest BCUT2D eigenvalue weighted by molar-refractivity contribution is 5.62. The van der Waals surface area contributed by atoms with Crippen LogP contribution in [0.1, 0.15) is 39.2 Å². The van der Waals surface area contributed by atoms with Gasteiger partial charge < -0.3 is 0 Å². The van der Waals surface area contributed by atoms with Crippen LogP contribution in [0.5, 0.6) is 0 Å². The molecule has 3 rings (SSSR count). The van der Waals surface area contributed by atoms with Crippen LogP contribution in [0.2, 0.25) is 0 Å². The van der Waals surface area contributed by atoms with Crippen molar-refractivity contribution in [2.24, 2.45) is 11.3 Å². The summed E-state index contributed by atoms with van der Waals surface area (Å²) in [4.78, 5) is 6.68. The van der Waals surface area contributed by atoms with Gasteiger partial charge in [0, 0.05) is 18.9 Å². The minimum atomic E-state index is 0.457. The number of hydrogen-bond acceptors (Lipinski definition) is 2. The van der Waals surface area contributed by atoms with Crippen molar-refractivity contribution in [3.8, 4) is 11.1 Å². The van der Waals surface area contributed by atoms with Gasteiger partial charge in [-0.1, -0.05) is 45.0 Å². The Labute approximate surface area is 140 Å². The predicted octanol–water partition coefficient (Wildman–Crippen LogP) is 5.01. The molecule has 0 bridgehead atoms. The summed E-state index contributed by atoms with van der Waals surface area (Å²) in [6.45, 7) is 10.7. The summed E-state index contributed by atoms with van der Waals surface area (Å²) in [6, 6.07) is 13.1. The van der Waals surface area contributed by atoms with Crippen LogP contribution in [-0.4, -0.2) is 23.0 Å². The molecule has 122 valence electrons. The average molecular weight is 308 g/mol. The molecule has 1 aromatic carbocycles. The van der Waals surface area contributed by atoms with Gasteiger partial charge in [-0.2, -0.15) is 0 Å². The van der Waals surface area contributed by atoms with Crippen molar-refractivity contribution in [1.82, 2.24) is 9.88 Å². The minimum Gasteiger partial charge on any atom is -0.299 e. The molecule has 2 nitrogen and oxygen atoms in total. The lowest BCUT2D eigenvalue weighted by molar-refractivity contribution is 0.108. The summed E-state index contributed by atoms with van der Waals surface area (Å²) in [5, 5.41) is 0. The monoisotopic (exact) mass is 308 g/mol. The van der Waals surface area contributed by atoms with Gasteiger partial charge in [0.2, 0.25) is 0 Å². The number of aromatic nitrogens is 1. The van der Waals surface area contributed by atoms with Crippen molar-refractivity contribution in [1.29, 1.82) is 0 Å². The summed E-state index contributed by atoms with van der Waals surface area (Å²) < 4.78 is 0. The number of piperidine rings is 1. The summed E-state index contributed by atoms with van der Waals surface area (Å²) in [5.41, 5.74) is 4.37. The molecule has 1 aliphatic heterocycles. The molecule has 0 atom stereocenters. The van der Waals surface area contributed by atoms with Crippen molar-refractivity contribution in [2.45, 2.75) is 40.2 Å². The van der Waals surface area contributed by atoms with Gasteiger partial charge in [0.05, 0.1) is 0 Å². The highest BCUT2D eigenvalue weighted by Gasteiger charge is 2.28. The molecule has 0 amide bonds. The number of pyridine rings is 1. The molecule has 2 heterocycles. The first-order chi connectivity index (χ1) is 11.0. The van der Waals surface area contributed by atoms with E-state index in [4.69, 9.17) is 0 Å². The summed E-state index contributed by atoms with van der Waals surface area (Å²) >= 11 is 0. The van der Waals surface area contributed by atoms with E-state index in [0.29, 0.717) is 5.41 Å². The van der Waals surface area contributed by atoms with E-state index in [0.717, 1.165) is 12.5 Å². The van der Waals surface area contributed by atoms with Crippen LogP contribution in [0.3, 0.4) is 0 Å². The lowest BCUT2D eigenvalue weighted by atomic mass is 9.75. The average Bonchev–Trinajstić information content (AvgIpc) is 2.56. The van der Waals surface area contributed by atoms with Crippen LogP contribution in [0, 0.1) is 11.3 Å². The van der Waals surface area contributed by atoms with E-state index in [2.05, 4.69) is 67.1 Å². The van der Waals surface area contributed by atoms with Gasteiger partial charge in [-0.15, -0.1) is 0 Å². The normalized spacial score (nSPS) is 17.3. The smallest absolute Gasteiger partial charge is 0.0273 e. The Kier molecular flexibility index (Phi) is 4.82. The van der Waals surface area contributed by atoms with Crippen LogP contribution in [0.15, 0.2) is 48.8 Å². The zero-order valence-corrected chi connectivity index (χ0v) is 14.6. The fraction of sp³-hybridized carbons (Fsp3) is 0.476. The molecule has 1 aromatic heterocycles. The molecule has 0 spiro atoms. The van der Waals surface area contributed by atoms with Gasteiger partial charge in [-0.3, -0.25) is 9.88 Å². The topological polar surface area (TPSA) is 16.1 Å². The number of benzene rings is 1. The number of hydrogen-bond donors (Lipinski definition) is 0. The minimum absolute atomic E-state index is 0.457. The van der Waals surface area contributed by atoms with Gasteiger partial charge >= 0.3 is 0 Å².